The van der Waals surface area contributed by atoms with Crippen molar-refractivity contribution in [1.29, 1.82) is 0 Å². The van der Waals surface area contributed by atoms with Crippen molar-refractivity contribution in [3.8, 4) is 0 Å². The Balaban J connectivity index is 1.80. The zero-order valence-electron chi connectivity index (χ0n) is 16.4. The zero-order valence-corrected chi connectivity index (χ0v) is 16.4. The maximum absolute atomic E-state index is 14.5. The van der Waals surface area contributed by atoms with Gasteiger partial charge in [-0.15, -0.1) is 0 Å². The summed E-state index contributed by atoms with van der Waals surface area (Å²) in [6.07, 6.45) is 0.256. The minimum atomic E-state index is -1.76. The average molecular weight is 434 g/mol. The van der Waals surface area contributed by atoms with E-state index in [0.29, 0.717) is 13.0 Å². The molecule has 0 amide bonds. The summed E-state index contributed by atoms with van der Waals surface area (Å²) in [6.45, 7) is 2.07. The third kappa shape index (κ3) is 5.03. The molecule has 3 rings (SSSR count). The number of benzene rings is 1. The summed E-state index contributed by atoms with van der Waals surface area (Å²) in [5.74, 6) is -5.28. The summed E-state index contributed by atoms with van der Waals surface area (Å²) in [7, 11) is 0. The Morgan fingerprint density at radius 3 is 2.50 bits per heavy atom. The van der Waals surface area contributed by atoms with Gasteiger partial charge in [0.05, 0.1) is 37.5 Å². The van der Waals surface area contributed by atoms with Crippen LogP contribution in [0.1, 0.15) is 43.6 Å². The van der Waals surface area contributed by atoms with E-state index in [0.717, 1.165) is 18.9 Å². The van der Waals surface area contributed by atoms with Crippen LogP contribution in [0.4, 0.5) is 13.2 Å². The Hall–Kier alpha value is -1.92. The third-order valence-corrected chi connectivity index (χ3v) is 5.00. The molecule has 1 aromatic rings. The maximum Gasteiger partial charge on any atom is 0.195 e. The van der Waals surface area contributed by atoms with Crippen molar-refractivity contribution in [3.05, 3.63) is 34.6 Å². The molecule has 1 aromatic carbocycles. The first kappa shape index (κ1) is 22.8. The van der Waals surface area contributed by atoms with Gasteiger partial charge in [-0.3, -0.25) is 0 Å². The summed E-state index contributed by atoms with van der Waals surface area (Å²) >= 11 is 0. The highest BCUT2D eigenvalue weighted by molar-refractivity contribution is 5.99. The molecule has 2 aliphatic rings. The van der Waals surface area contributed by atoms with Crippen molar-refractivity contribution in [2.45, 2.75) is 50.9 Å². The molecule has 168 valence electrons. The molecule has 8 nitrogen and oxygen atoms in total. The molecule has 0 aliphatic carbocycles. The van der Waals surface area contributed by atoms with E-state index in [1.165, 1.54) is 0 Å². The molecule has 2 aliphatic heterocycles. The van der Waals surface area contributed by atoms with Crippen LogP contribution in [-0.2, 0) is 18.9 Å². The smallest absolute Gasteiger partial charge is 0.195 e. The second kappa shape index (κ2) is 10.4. The van der Waals surface area contributed by atoms with Gasteiger partial charge >= 0.3 is 0 Å². The molecule has 2 heterocycles. The Kier molecular flexibility index (Phi) is 7.89. The fourth-order valence-corrected chi connectivity index (χ4v) is 3.31. The van der Waals surface area contributed by atoms with Crippen LogP contribution in [0.25, 0.3) is 0 Å². The van der Waals surface area contributed by atoms with Crippen LogP contribution in [0.3, 0.4) is 0 Å². The molecule has 0 aromatic heterocycles. The molecule has 0 spiro atoms. The summed E-state index contributed by atoms with van der Waals surface area (Å²) in [5, 5.41) is 24.7. The Morgan fingerprint density at radius 1 is 1.17 bits per heavy atom. The number of amidine groups is 1. The lowest BCUT2D eigenvalue weighted by Gasteiger charge is -2.30. The van der Waals surface area contributed by atoms with Crippen LogP contribution in [0, 0.1) is 17.5 Å². The topological polar surface area (TPSA) is 102 Å². The lowest BCUT2D eigenvalue weighted by Crippen LogP contribution is -2.48. The summed E-state index contributed by atoms with van der Waals surface area (Å²) in [5.41, 5.74) is -0.921. The SMILES string of the molecule is C[C@H](OC1CCCCO1)[C@@H](CO)N/C(=N\O)c1cc(C2OCCO2)c(F)c(F)c1F. The monoisotopic (exact) mass is 434 g/mol. The van der Waals surface area contributed by atoms with E-state index in [1.807, 2.05) is 0 Å². The largest absolute Gasteiger partial charge is 0.409 e. The highest BCUT2D eigenvalue weighted by Gasteiger charge is 2.31. The number of aliphatic hydroxyl groups excluding tert-OH is 1. The minimum Gasteiger partial charge on any atom is -0.409 e. The summed E-state index contributed by atoms with van der Waals surface area (Å²) in [6, 6.07) is 0.0899. The van der Waals surface area contributed by atoms with Crippen molar-refractivity contribution in [1.82, 2.24) is 5.32 Å². The van der Waals surface area contributed by atoms with Crippen LogP contribution in [0.15, 0.2) is 11.2 Å². The van der Waals surface area contributed by atoms with Crippen molar-refractivity contribution in [2.75, 3.05) is 26.4 Å². The van der Waals surface area contributed by atoms with Gasteiger partial charge in [0.25, 0.3) is 0 Å². The van der Waals surface area contributed by atoms with Gasteiger partial charge in [-0.2, -0.15) is 0 Å². The standard InChI is InChI=1S/C19H25F3N2O6/c1-10(30-14-4-2-3-5-27-14)13(9-25)23-18(24-26)11-8-12(19-28-6-7-29-19)16(21)17(22)15(11)20/h8,10,13-14,19,25-26H,2-7,9H2,1H3,(H,23,24)/t10-,13+,14?/m0/s1. The van der Waals surface area contributed by atoms with Crippen molar-refractivity contribution >= 4 is 5.84 Å². The number of aliphatic hydroxyl groups is 1. The maximum atomic E-state index is 14.5. The Morgan fingerprint density at radius 2 is 1.90 bits per heavy atom. The van der Waals surface area contributed by atoms with E-state index in [1.54, 1.807) is 6.92 Å². The number of halogens is 3. The molecular formula is C19H25F3N2O6. The number of oxime groups is 1. The van der Waals surface area contributed by atoms with Gasteiger partial charge in [-0.05, 0) is 32.3 Å². The van der Waals surface area contributed by atoms with Crippen LogP contribution in [0.2, 0.25) is 0 Å². The molecular weight excluding hydrogens is 409 g/mol. The normalized spacial score (nSPS) is 22.8. The van der Waals surface area contributed by atoms with Crippen LogP contribution in [-0.4, -0.2) is 61.0 Å². The first-order valence-corrected chi connectivity index (χ1v) is 9.73. The molecule has 3 N–H and O–H groups in total. The van der Waals surface area contributed by atoms with Gasteiger partial charge in [-0.1, -0.05) is 5.16 Å². The average Bonchev–Trinajstić information content (AvgIpc) is 3.29. The molecule has 3 atom stereocenters. The number of rotatable bonds is 7. The van der Waals surface area contributed by atoms with E-state index >= 15 is 0 Å². The van der Waals surface area contributed by atoms with Gasteiger partial charge in [0.1, 0.15) is 0 Å². The Labute approximate surface area is 171 Å². The van der Waals surface area contributed by atoms with Crippen LogP contribution < -0.4 is 5.32 Å². The van der Waals surface area contributed by atoms with Gasteiger partial charge in [0.15, 0.2) is 35.9 Å². The molecule has 1 unspecified atom stereocenters. The lowest BCUT2D eigenvalue weighted by molar-refractivity contribution is -0.190. The zero-order chi connectivity index (χ0) is 21.7. The van der Waals surface area contributed by atoms with E-state index < -0.39 is 60.2 Å². The van der Waals surface area contributed by atoms with Gasteiger partial charge < -0.3 is 34.6 Å². The van der Waals surface area contributed by atoms with Crippen LogP contribution >= 0.6 is 0 Å². The van der Waals surface area contributed by atoms with E-state index in [2.05, 4.69) is 10.5 Å². The summed E-state index contributed by atoms with van der Waals surface area (Å²) in [4.78, 5) is 0. The van der Waals surface area contributed by atoms with Crippen LogP contribution in [0.5, 0.6) is 0 Å². The van der Waals surface area contributed by atoms with E-state index in [4.69, 9.17) is 18.9 Å². The van der Waals surface area contributed by atoms with Gasteiger partial charge in [0, 0.05) is 12.2 Å². The molecule has 2 saturated heterocycles. The van der Waals surface area contributed by atoms with Gasteiger partial charge in [0.2, 0.25) is 0 Å². The first-order chi connectivity index (χ1) is 14.5. The molecule has 0 bridgehead atoms. The fourth-order valence-electron chi connectivity index (χ4n) is 3.31. The predicted octanol–water partition coefficient (Wildman–Crippen LogP) is 2.17. The molecule has 0 saturated carbocycles. The molecule has 0 radical (unpaired) electrons. The first-order valence-electron chi connectivity index (χ1n) is 9.73. The number of nitrogens with zero attached hydrogens (tertiary/aromatic N) is 1. The van der Waals surface area contributed by atoms with Crippen molar-refractivity contribution in [3.63, 3.8) is 0 Å². The summed E-state index contributed by atoms with van der Waals surface area (Å²) < 4.78 is 64.4. The predicted molar refractivity (Wildman–Crippen MR) is 97.4 cm³/mol. The number of ether oxygens (including phenoxy) is 4. The minimum absolute atomic E-state index is 0.169. The lowest BCUT2D eigenvalue weighted by atomic mass is 10.1. The van der Waals surface area contributed by atoms with Crippen molar-refractivity contribution in [2.24, 2.45) is 5.16 Å². The quantitative estimate of drug-likeness (QED) is 0.199. The van der Waals surface area contributed by atoms with E-state index in [9.17, 15) is 23.5 Å². The molecule has 2 fully saturated rings. The highest BCUT2D eigenvalue weighted by Crippen LogP contribution is 2.30. The second-order valence-electron chi connectivity index (χ2n) is 7.05. The number of nitrogens with one attached hydrogen (secondary N) is 1. The van der Waals surface area contributed by atoms with Gasteiger partial charge in [-0.25, -0.2) is 13.2 Å². The highest BCUT2D eigenvalue weighted by atomic mass is 19.2. The third-order valence-electron chi connectivity index (χ3n) is 5.00. The molecule has 30 heavy (non-hydrogen) atoms. The van der Waals surface area contributed by atoms with E-state index in [-0.39, 0.29) is 18.8 Å². The molecule has 11 heteroatoms. The number of hydrogen-bond donors (Lipinski definition) is 3. The fraction of sp³-hybridized carbons (Fsp3) is 0.632. The second-order valence-corrected chi connectivity index (χ2v) is 7.05. The van der Waals surface area contributed by atoms with Crippen molar-refractivity contribution < 1.29 is 42.4 Å². The number of hydrogen-bond acceptors (Lipinski definition) is 7. The Bertz CT molecular complexity index is 754.